The lowest BCUT2D eigenvalue weighted by Crippen LogP contribution is -2.61. The average Bonchev–Trinajstić information content (AvgIpc) is 1.49. The Hall–Kier alpha value is -11.7. The zero-order valence-electron chi connectivity index (χ0n) is 114. The summed E-state index contributed by atoms with van der Waals surface area (Å²) < 4.78 is 361. The molecule has 0 bridgehead atoms. The molecule has 0 atom stereocenters. The molecule has 2 aliphatic rings. The highest BCUT2D eigenvalue weighted by atomic mass is 15.2. The lowest BCUT2D eigenvalue weighted by atomic mass is 9.33. The normalized spacial score (nSPS) is 17.5. The molecular formula is C124H135BN4. The van der Waals surface area contributed by atoms with Gasteiger partial charge in [-0.05, 0) is 238 Å². The van der Waals surface area contributed by atoms with Gasteiger partial charge in [-0.25, -0.2) is 0 Å². The van der Waals surface area contributed by atoms with E-state index in [9.17, 15) is 46.6 Å². The third-order valence-electron chi connectivity index (χ3n) is 25.0. The molecule has 654 valence electrons. The number of anilines is 6. The Labute approximate surface area is 819 Å². The van der Waals surface area contributed by atoms with Crippen LogP contribution in [-0.4, -0.2) is 15.8 Å². The molecule has 2 aromatic heterocycles. The highest BCUT2D eigenvalue weighted by Gasteiger charge is 2.48. The van der Waals surface area contributed by atoms with Crippen LogP contribution in [0, 0.1) is 0 Å². The molecule has 129 heavy (non-hydrogen) atoms. The van der Waals surface area contributed by atoms with Gasteiger partial charge in [0.25, 0.3) is 6.71 Å². The number of hydrogen-bond acceptors (Lipinski definition) is 2. The third kappa shape index (κ3) is 15.4. The fraction of sp³-hybridized carbons (Fsp3) is 0.323. The second-order valence-corrected chi connectivity index (χ2v) is 45.3. The van der Waals surface area contributed by atoms with Gasteiger partial charge in [-0.1, -0.05) is 401 Å². The van der Waals surface area contributed by atoms with Crippen LogP contribution in [0.2, 0.25) is 0 Å². The predicted octanol–water partition coefficient (Wildman–Crippen LogP) is 33.3. The zero-order valence-corrected chi connectivity index (χ0v) is 80.2. The lowest BCUT2D eigenvalue weighted by molar-refractivity contribution is 0.569. The van der Waals surface area contributed by atoms with Crippen LogP contribution in [0.3, 0.4) is 0 Å². The number of rotatable bonds is 9. The topological polar surface area (TPSA) is 16.3 Å². The first-order valence-electron chi connectivity index (χ1n) is 61.7. The second kappa shape index (κ2) is 30.5. The Morgan fingerprint density at radius 3 is 0.868 bits per heavy atom. The minimum absolute atomic E-state index is 0.00470. The fourth-order valence-electron chi connectivity index (χ4n) is 18.1. The second-order valence-electron chi connectivity index (χ2n) is 45.3. The van der Waals surface area contributed by atoms with Gasteiger partial charge in [0.1, 0.15) is 0 Å². The molecule has 5 heteroatoms. The molecule has 0 radical (unpaired) electrons. The highest BCUT2D eigenvalue weighted by Crippen LogP contribution is 2.59. The van der Waals surface area contributed by atoms with E-state index in [4.69, 9.17) is 0 Å². The summed E-state index contributed by atoms with van der Waals surface area (Å²) in [7, 11) is 0. The number of fused-ring (bicyclic) bond motifs is 10. The van der Waals surface area contributed by atoms with Gasteiger partial charge in [0.15, 0.2) is 0 Å². The van der Waals surface area contributed by atoms with Crippen molar-refractivity contribution < 1.29 is 46.6 Å². The van der Waals surface area contributed by atoms with Crippen LogP contribution in [0.4, 0.5) is 34.1 Å². The zero-order chi connectivity index (χ0) is 122. The summed E-state index contributed by atoms with van der Waals surface area (Å²) in [6.45, 7) is 52.9. The first-order valence-corrected chi connectivity index (χ1v) is 44.7. The van der Waals surface area contributed by atoms with Crippen LogP contribution in [0.15, 0.2) is 272 Å². The van der Waals surface area contributed by atoms with Crippen LogP contribution in [0.25, 0.3) is 111 Å². The van der Waals surface area contributed by atoms with Crippen LogP contribution < -0.4 is 26.2 Å². The van der Waals surface area contributed by atoms with E-state index >= 15 is 0 Å². The number of benzene rings is 14. The highest BCUT2D eigenvalue weighted by molar-refractivity contribution is 7.00. The summed E-state index contributed by atoms with van der Waals surface area (Å²) >= 11 is 0. The smallest absolute Gasteiger partial charge is 0.252 e. The van der Waals surface area contributed by atoms with Gasteiger partial charge in [-0.15, -0.1) is 0 Å². The van der Waals surface area contributed by atoms with E-state index in [-0.39, 0.29) is 134 Å². The minimum Gasteiger partial charge on any atom is -0.310 e. The van der Waals surface area contributed by atoms with E-state index in [1.807, 2.05) is 30.3 Å². The quantitative estimate of drug-likeness (QED) is 0.134. The molecule has 0 unspecified atom stereocenters. The van der Waals surface area contributed by atoms with Crippen molar-refractivity contribution in [2.24, 2.45) is 0 Å². The number of aromatic nitrogens is 2. The molecule has 0 N–H and O–H groups in total. The fourth-order valence-corrected chi connectivity index (χ4v) is 18.1. The first-order chi connectivity index (χ1) is 74.5. The summed E-state index contributed by atoms with van der Waals surface area (Å²) in [4.78, 5) is 3.20. The van der Waals surface area contributed by atoms with Crippen LogP contribution in [0.5, 0.6) is 0 Å². The molecule has 14 aromatic carbocycles. The number of nitrogens with zero attached hydrogens (tertiary/aromatic N) is 4. The standard InChI is InChI=1S/C124H135BN4/c1-115(2,3)80-58-53-76(54-59-80)92-69-84(119(13,14)15)71-94(110-96(121(19,20)21)45-39-46-97(110)122(22,23)24)113(92)128-106-67-78(79-65-82(117(7,8)9)68-83(66-79)118(10,11)12)57-63-100(106)125-101-64-62-86(126-102-49-35-31-41-88(102)89-42-32-36-50-103(89)126)73-107(101)129(109-75-87(74-108(128)112(109)125)127-104-51-37-33-43-90(104)91-44-34-38-52-105(91)127)114-93(77-55-60-81(61-56-77)116(4,5)6)70-85(120(16,17)18)72-95(114)111-98(123(25,26)27)47-40-48-99(111)124(28,29)30/h31-75H,1-30H3/i31D,32D,33D,34D,35D,36D,37D,38D,39D,40D,41D,42D,43D,44D,45D,46D,47D,48D,49D,50D,51D,52D,53D,54D,55D,56D,58D,59D,60D,61D,69D,70D,71D,72D. The monoisotopic (exact) mass is 1730 g/mol. The van der Waals surface area contributed by atoms with Gasteiger partial charge in [-0.2, -0.15) is 0 Å². The van der Waals surface area contributed by atoms with Crippen molar-refractivity contribution in [1.82, 2.24) is 9.13 Å². The van der Waals surface area contributed by atoms with E-state index in [0.717, 1.165) is 11.1 Å². The summed E-state index contributed by atoms with van der Waals surface area (Å²) in [6.07, 6.45) is 0. The molecular weight excluding hydrogens is 1560 g/mol. The van der Waals surface area contributed by atoms with Crippen LogP contribution in [0.1, 0.15) is 310 Å². The van der Waals surface area contributed by atoms with E-state index in [1.54, 1.807) is 189 Å². The molecule has 16 aromatic rings. The van der Waals surface area contributed by atoms with E-state index in [2.05, 4.69) is 47.6 Å². The van der Waals surface area contributed by atoms with Crippen molar-refractivity contribution in [2.75, 3.05) is 9.80 Å². The van der Waals surface area contributed by atoms with Gasteiger partial charge < -0.3 is 18.9 Å². The predicted molar refractivity (Wildman–Crippen MR) is 563 cm³/mol. The van der Waals surface area contributed by atoms with Gasteiger partial charge >= 0.3 is 0 Å². The SMILES string of the molecule is [2H]c1c([2H])c(C(C)(C)C)c(-c2c([2H])c(C(C)(C)C)c([2H])c(-c3c([2H])c([2H])c(C(C)(C)C)c([2H])c3[2H])c2N2c3cc(-c4cc(C(C)(C)C)cc(C(C)(C)C)c4)ccc3B3c4ccc(-n5c6c([2H])c([2H])c([2H])c([2H])c6c6c([2H])c([2H])c([2H])c([2H])c65)cc4N(c4c(-c5c([2H])c([2H])c(C(C)(C)C)c([2H])c5[2H])c([2H])c(C(C)(C)C)c([2H])c4-c4c(C(C)(C)C)c([2H])c([2H])c([2H])c4C(C)(C)C)c4cc(-n5c6c([2H])c([2H])c([2H])c([2H])c6c6c([2H])c([2H])c([2H])c([2H])c65)cc2c43)c(C(C)(C)C)c1[2H]. The summed E-state index contributed by atoms with van der Waals surface area (Å²) in [5.74, 6) is 0. The van der Waals surface area contributed by atoms with Crippen molar-refractivity contribution >= 4 is 101 Å². The van der Waals surface area contributed by atoms with Crippen molar-refractivity contribution in [2.45, 2.75) is 262 Å². The summed E-state index contributed by atoms with van der Waals surface area (Å²) in [6, 6.07) is -4.10. The number of hydrogen-bond donors (Lipinski definition) is 0. The van der Waals surface area contributed by atoms with E-state index in [1.165, 1.54) is 26.2 Å². The molecule has 4 nitrogen and oxygen atoms in total. The molecule has 0 fully saturated rings. The van der Waals surface area contributed by atoms with Crippen molar-refractivity contribution in [3.05, 3.63) is 328 Å². The molecule has 0 saturated heterocycles. The first kappa shape index (κ1) is 56.0. The molecule has 0 saturated carbocycles. The molecule has 0 aliphatic carbocycles. The Kier molecular flexibility index (Phi) is 13.2. The molecule has 0 spiro atoms. The van der Waals surface area contributed by atoms with Crippen molar-refractivity contribution in [1.29, 1.82) is 0 Å². The Morgan fingerprint density at radius 1 is 0.233 bits per heavy atom. The molecule has 4 heterocycles. The molecule has 18 rings (SSSR count). The largest absolute Gasteiger partial charge is 0.310 e. The van der Waals surface area contributed by atoms with Gasteiger partial charge in [0, 0.05) is 72.2 Å². The Morgan fingerprint density at radius 2 is 0.535 bits per heavy atom. The van der Waals surface area contributed by atoms with Crippen molar-refractivity contribution in [3.63, 3.8) is 0 Å². The van der Waals surface area contributed by atoms with E-state index < -0.39 is 327 Å². The Balaban J connectivity index is 1.29. The van der Waals surface area contributed by atoms with Crippen molar-refractivity contribution in [3.8, 4) is 67.0 Å². The lowest BCUT2D eigenvalue weighted by Gasteiger charge is -2.47. The molecule has 0 amide bonds. The third-order valence-corrected chi connectivity index (χ3v) is 25.0. The van der Waals surface area contributed by atoms with Crippen LogP contribution >= 0.6 is 0 Å². The Bertz CT molecular complexity index is 9050. The van der Waals surface area contributed by atoms with Gasteiger partial charge in [0.05, 0.1) is 85.7 Å². The minimum atomic E-state index is -1.55. The molecule has 2 aliphatic heterocycles. The van der Waals surface area contributed by atoms with Gasteiger partial charge in [-0.3, -0.25) is 0 Å². The van der Waals surface area contributed by atoms with Gasteiger partial charge in [0.2, 0.25) is 0 Å². The summed E-state index contributed by atoms with van der Waals surface area (Å²) in [5.41, 5.74) is -16.1. The maximum atomic E-state index is 12.1. The number of para-hydroxylation sites is 4. The van der Waals surface area contributed by atoms with Crippen LogP contribution in [-0.2, 0) is 54.1 Å². The summed E-state index contributed by atoms with van der Waals surface area (Å²) in [5, 5.41) is -1.67. The maximum Gasteiger partial charge on any atom is 0.252 e. The average molecular weight is 1730 g/mol. The van der Waals surface area contributed by atoms with E-state index in [0.29, 0.717) is 11.1 Å². The maximum absolute atomic E-state index is 12.1.